The van der Waals surface area contributed by atoms with Gasteiger partial charge in [0.1, 0.15) is 18.0 Å². The van der Waals surface area contributed by atoms with Crippen LogP contribution in [0.4, 0.5) is 17.3 Å². The minimum atomic E-state index is -0.127. The highest BCUT2D eigenvalue weighted by Gasteiger charge is 2.48. The molecule has 0 saturated carbocycles. The summed E-state index contributed by atoms with van der Waals surface area (Å²) in [5.74, 6) is 1.34. The van der Waals surface area contributed by atoms with Crippen LogP contribution >= 0.6 is 12.2 Å². The topological polar surface area (TPSA) is 92.8 Å². The van der Waals surface area contributed by atoms with Crippen molar-refractivity contribution < 1.29 is 14.2 Å². The normalized spacial score (nSPS) is 22.5. The predicted octanol–water partition coefficient (Wildman–Crippen LogP) is 3.15. The minimum Gasteiger partial charge on any atom is -0.497 e. The molecule has 2 saturated heterocycles. The van der Waals surface area contributed by atoms with Crippen LogP contribution in [0.25, 0.3) is 11.3 Å². The number of benzene rings is 2. The van der Waals surface area contributed by atoms with E-state index in [9.17, 15) is 0 Å². The lowest BCUT2D eigenvalue weighted by Gasteiger charge is -2.20. The van der Waals surface area contributed by atoms with Crippen molar-refractivity contribution in [3.05, 3.63) is 60.8 Å². The summed E-state index contributed by atoms with van der Waals surface area (Å²) >= 11 is 5.54. The van der Waals surface area contributed by atoms with Gasteiger partial charge >= 0.3 is 0 Å². The van der Waals surface area contributed by atoms with E-state index in [0.29, 0.717) is 24.3 Å². The highest BCUT2D eigenvalue weighted by atomic mass is 32.1. The second kappa shape index (κ2) is 10.7. The molecule has 2 fully saturated rings. The van der Waals surface area contributed by atoms with E-state index in [1.165, 1.54) is 0 Å². The smallest absolute Gasteiger partial charge is 0.223 e. The van der Waals surface area contributed by atoms with Gasteiger partial charge in [0.15, 0.2) is 5.11 Å². The fourth-order valence-electron chi connectivity index (χ4n) is 4.44. The van der Waals surface area contributed by atoms with Crippen LogP contribution in [-0.2, 0) is 9.47 Å². The third kappa shape index (κ3) is 5.35. The zero-order chi connectivity index (χ0) is 25.1. The first-order chi connectivity index (χ1) is 17.5. The van der Waals surface area contributed by atoms with Crippen molar-refractivity contribution in [1.82, 2.24) is 15.3 Å². The van der Waals surface area contributed by atoms with Crippen molar-refractivity contribution in [2.45, 2.75) is 24.3 Å². The van der Waals surface area contributed by atoms with E-state index in [2.05, 4.69) is 30.8 Å². The summed E-state index contributed by atoms with van der Waals surface area (Å²) in [5.41, 5.74) is 3.87. The van der Waals surface area contributed by atoms with Crippen LogP contribution in [0.1, 0.15) is 0 Å². The van der Waals surface area contributed by atoms with Gasteiger partial charge in [-0.15, -0.1) is 0 Å². The zero-order valence-corrected chi connectivity index (χ0v) is 21.3. The molecule has 0 unspecified atom stereocenters. The van der Waals surface area contributed by atoms with Crippen LogP contribution < -0.4 is 25.6 Å². The molecule has 3 N–H and O–H groups in total. The Morgan fingerprint density at radius 1 is 0.972 bits per heavy atom. The van der Waals surface area contributed by atoms with Gasteiger partial charge in [0, 0.05) is 37.2 Å². The molecule has 5 rings (SSSR count). The van der Waals surface area contributed by atoms with E-state index in [4.69, 9.17) is 26.4 Å². The Kier molecular flexibility index (Phi) is 7.17. The van der Waals surface area contributed by atoms with E-state index in [0.717, 1.165) is 28.4 Å². The number of aromatic nitrogens is 2. The summed E-state index contributed by atoms with van der Waals surface area (Å²) in [7, 11) is 5.68. The average molecular weight is 507 g/mol. The van der Waals surface area contributed by atoms with Crippen LogP contribution in [0.5, 0.6) is 5.75 Å². The van der Waals surface area contributed by atoms with Gasteiger partial charge in [-0.3, -0.25) is 0 Å². The Morgan fingerprint density at radius 3 is 2.36 bits per heavy atom. The highest BCUT2D eigenvalue weighted by Crippen LogP contribution is 2.29. The average Bonchev–Trinajstić information content (AvgIpc) is 3.48. The number of fused-ring (bicyclic) bond motifs is 1. The third-order valence-corrected chi connectivity index (χ3v) is 6.59. The van der Waals surface area contributed by atoms with E-state index >= 15 is 0 Å². The van der Waals surface area contributed by atoms with E-state index in [-0.39, 0.29) is 24.3 Å². The highest BCUT2D eigenvalue weighted by molar-refractivity contribution is 7.80. The molecular weight excluding hydrogens is 476 g/mol. The monoisotopic (exact) mass is 506 g/mol. The third-order valence-electron chi connectivity index (χ3n) is 6.37. The Bertz CT molecular complexity index is 1190. The van der Waals surface area contributed by atoms with Crippen LogP contribution in [-0.4, -0.2) is 73.8 Å². The van der Waals surface area contributed by atoms with Gasteiger partial charge in [-0.1, -0.05) is 0 Å². The number of hydrogen-bond acceptors (Lipinski definition) is 8. The fourth-order valence-corrected chi connectivity index (χ4v) is 4.71. The molecule has 4 atom stereocenters. The van der Waals surface area contributed by atoms with Crippen molar-refractivity contribution in [3.8, 4) is 17.0 Å². The van der Waals surface area contributed by atoms with Gasteiger partial charge in [0.2, 0.25) is 5.95 Å². The maximum absolute atomic E-state index is 6.10. The van der Waals surface area contributed by atoms with E-state index in [1.807, 2.05) is 68.7 Å². The van der Waals surface area contributed by atoms with Crippen LogP contribution in [0.15, 0.2) is 60.8 Å². The van der Waals surface area contributed by atoms with Crippen molar-refractivity contribution in [2.24, 2.45) is 0 Å². The van der Waals surface area contributed by atoms with Crippen molar-refractivity contribution in [1.29, 1.82) is 0 Å². The summed E-state index contributed by atoms with van der Waals surface area (Å²) in [6.07, 6.45) is 1.50. The first kappa shape index (κ1) is 24.2. The number of hydrogen-bond donors (Lipinski definition) is 3. The molecule has 0 bridgehead atoms. The summed E-state index contributed by atoms with van der Waals surface area (Å²) in [6.45, 7) is 0.997. The molecular formula is C26H30N6O3S. The fraction of sp³-hybridized carbons (Fsp3) is 0.346. The van der Waals surface area contributed by atoms with Gasteiger partial charge in [0.25, 0.3) is 0 Å². The lowest BCUT2D eigenvalue weighted by Crippen LogP contribution is -2.46. The lowest BCUT2D eigenvalue weighted by molar-refractivity contribution is 0.0689. The minimum absolute atomic E-state index is 0.0469. The Labute approximate surface area is 216 Å². The largest absolute Gasteiger partial charge is 0.497 e. The molecule has 3 heterocycles. The summed E-state index contributed by atoms with van der Waals surface area (Å²) < 4.78 is 17.4. The lowest BCUT2D eigenvalue weighted by atomic mass is 10.1. The Balaban J connectivity index is 1.17. The number of methoxy groups -OCH3 is 1. The molecule has 0 radical (unpaired) electrons. The van der Waals surface area contributed by atoms with Gasteiger partial charge < -0.3 is 35.1 Å². The Hall–Kier alpha value is -3.47. The number of nitrogens with one attached hydrogen (secondary N) is 3. The molecule has 10 heteroatoms. The molecule has 9 nitrogen and oxygen atoms in total. The molecule has 3 aromatic rings. The van der Waals surface area contributed by atoms with Crippen LogP contribution in [0.2, 0.25) is 0 Å². The van der Waals surface area contributed by atoms with Gasteiger partial charge in [-0.05, 0) is 66.8 Å². The van der Waals surface area contributed by atoms with Gasteiger partial charge in [-0.25, -0.2) is 9.97 Å². The zero-order valence-electron chi connectivity index (χ0n) is 20.5. The number of ether oxygens (including phenoxy) is 3. The van der Waals surface area contributed by atoms with E-state index in [1.54, 1.807) is 13.3 Å². The molecule has 0 aliphatic carbocycles. The van der Waals surface area contributed by atoms with Crippen molar-refractivity contribution in [2.75, 3.05) is 50.0 Å². The van der Waals surface area contributed by atoms with Gasteiger partial charge in [-0.2, -0.15) is 0 Å². The molecule has 0 amide bonds. The quantitative estimate of drug-likeness (QED) is 0.415. The maximum atomic E-state index is 6.10. The van der Waals surface area contributed by atoms with Gasteiger partial charge in [0.05, 0.1) is 38.1 Å². The second-order valence-corrected chi connectivity index (χ2v) is 9.40. The molecule has 2 aliphatic rings. The molecule has 1 aromatic heterocycles. The van der Waals surface area contributed by atoms with E-state index < -0.39 is 0 Å². The first-order valence-corrected chi connectivity index (χ1v) is 12.2. The first-order valence-electron chi connectivity index (χ1n) is 11.8. The van der Waals surface area contributed by atoms with Crippen molar-refractivity contribution in [3.63, 3.8) is 0 Å². The summed E-state index contributed by atoms with van der Waals surface area (Å²) in [5, 5.41) is 10.5. The SMILES string of the molecule is COc1ccc(-c2ccnc(N[C@H]3CO[C@H]4[C@H]3OC[C@H]4NC(=S)Nc3ccc(N(C)C)cc3)n2)cc1. The standard InChI is InChI=1S/C26H30N6O3S/c1-32(2)18-8-6-17(7-9-18)28-26(36)31-22-15-35-23-21(14-34-24(22)23)30-25-27-13-12-20(29-25)16-4-10-19(33-3)11-5-16/h4-13,21-24H,14-15H2,1-3H3,(H,27,29,30)(H2,28,31,36)/t21-,22+,23-,24+/m0/s1. The molecule has 2 aromatic carbocycles. The van der Waals surface area contributed by atoms with Crippen molar-refractivity contribution >= 4 is 34.7 Å². The maximum Gasteiger partial charge on any atom is 0.223 e. The number of thiocarbonyl (C=S) groups is 1. The molecule has 36 heavy (non-hydrogen) atoms. The number of anilines is 3. The van der Waals surface area contributed by atoms with Crippen LogP contribution in [0.3, 0.4) is 0 Å². The predicted molar refractivity (Wildman–Crippen MR) is 145 cm³/mol. The number of nitrogens with zero attached hydrogens (tertiary/aromatic N) is 3. The summed E-state index contributed by atoms with van der Waals surface area (Å²) in [6, 6.07) is 17.6. The van der Waals surface area contributed by atoms with Crippen LogP contribution in [0, 0.1) is 0 Å². The summed E-state index contributed by atoms with van der Waals surface area (Å²) in [4.78, 5) is 11.1. The number of rotatable bonds is 7. The molecule has 188 valence electrons. The molecule has 0 spiro atoms. The Morgan fingerprint density at radius 2 is 1.67 bits per heavy atom. The molecule has 2 aliphatic heterocycles. The second-order valence-electron chi connectivity index (χ2n) is 8.99.